The van der Waals surface area contributed by atoms with Crippen LogP contribution in [0.25, 0.3) is 0 Å². The fourth-order valence-electron chi connectivity index (χ4n) is 1.97. The third kappa shape index (κ3) is 6.04. The Morgan fingerprint density at radius 2 is 1.63 bits per heavy atom. The number of hydrogen-bond donors (Lipinski definition) is 3. The lowest BCUT2D eigenvalue weighted by atomic mass is 10.3. The number of carbonyl (C=O) groups is 2. The molecule has 3 N–H and O–H groups in total. The van der Waals surface area contributed by atoms with Crippen LogP contribution in [-0.2, 0) is 19.6 Å². The first-order chi connectivity index (χ1) is 12.7. The van der Waals surface area contributed by atoms with Crippen LogP contribution in [0.4, 0.5) is 10.1 Å². The molecule has 0 spiro atoms. The highest BCUT2D eigenvalue weighted by atomic mass is 32.2. The fourth-order valence-corrected chi connectivity index (χ4v) is 2.82. The Kier molecular flexibility index (Phi) is 6.48. The summed E-state index contributed by atoms with van der Waals surface area (Å²) < 4.78 is 42.5. The lowest BCUT2D eigenvalue weighted by molar-refractivity contribution is -0.127. The van der Waals surface area contributed by atoms with Gasteiger partial charge in [-0.1, -0.05) is 0 Å². The molecule has 0 aromatic heterocycles. The Hall–Kier alpha value is -2.98. The first kappa shape index (κ1) is 20.3. The minimum atomic E-state index is -4.01. The zero-order valence-electron chi connectivity index (χ0n) is 14.5. The van der Waals surface area contributed by atoms with Crippen LogP contribution in [0.5, 0.6) is 5.75 Å². The fraction of sp³-hybridized carbons (Fsp3) is 0.176. The summed E-state index contributed by atoms with van der Waals surface area (Å²) in [6, 6.07) is 10.4. The summed E-state index contributed by atoms with van der Waals surface area (Å²) in [7, 11) is -4.01. The second kappa shape index (κ2) is 8.60. The largest absolute Gasteiger partial charge is 0.481 e. The van der Waals surface area contributed by atoms with E-state index in [0.717, 1.165) is 0 Å². The minimum Gasteiger partial charge on any atom is -0.481 e. The van der Waals surface area contributed by atoms with Gasteiger partial charge in [0.2, 0.25) is 5.91 Å². The number of sulfonamides is 1. The minimum absolute atomic E-state index is 0.107. The van der Waals surface area contributed by atoms with Crippen LogP contribution < -0.4 is 20.3 Å². The first-order valence-electron chi connectivity index (χ1n) is 7.79. The first-order valence-corrected chi connectivity index (χ1v) is 9.27. The average Bonchev–Trinajstić information content (AvgIpc) is 2.61. The van der Waals surface area contributed by atoms with E-state index >= 15 is 0 Å². The monoisotopic (exact) mass is 395 g/mol. The number of benzene rings is 2. The van der Waals surface area contributed by atoms with Crippen molar-refractivity contribution in [3.05, 3.63) is 54.3 Å². The number of hydrazine groups is 1. The van der Waals surface area contributed by atoms with Crippen LogP contribution in [-0.4, -0.2) is 26.3 Å². The number of nitrogens with one attached hydrogen (secondary N) is 3. The van der Waals surface area contributed by atoms with E-state index in [9.17, 15) is 22.4 Å². The van der Waals surface area contributed by atoms with E-state index in [1.165, 1.54) is 62.4 Å². The predicted octanol–water partition coefficient (Wildman–Crippen LogP) is 1.56. The van der Waals surface area contributed by atoms with Crippen LogP contribution in [0.2, 0.25) is 0 Å². The van der Waals surface area contributed by atoms with Gasteiger partial charge in [-0.25, -0.2) is 12.8 Å². The maximum absolute atomic E-state index is 12.9. The SMILES string of the molecule is CC(=O)Nc1ccc(S(=O)(=O)NNC(=O)C(C)Oc2ccc(F)cc2)cc1. The molecule has 2 aromatic rings. The molecule has 0 fully saturated rings. The second-order valence-corrected chi connectivity index (χ2v) is 7.20. The number of anilines is 1. The molecule has 144 valence electrons. The summed E-state index contributed by atoms with van der Waals surface area (Å²) in [5.74, 6) is -1.21. The number of carbonyl (C=O) groups excluding carboxylic acids is 2. The zero-order valence-corrected chi connectivity index (χ0v) is 15.3. The molecule has 27 heavy (non-hydrogen) atoms. The van der Waals surface area contributed by atoms with E-state index in [1.807, 2.05) is 4.83 Å². The van der Waals surface area contributed by atoms with Gasteiger partial charge in [-0.15, -0.1) is 4.83 Å². The van der Waals surface area contributed by atoms with Crippen LogP contribution in [0.3, 0.4) is 0 Å². The lowest BCUT2D eigenvalue weighted by Gasteiger charge is -2.15. The van der Waals surface area contributed by atoms with Gasteiger partial charge in [0.15, 0.2) is 6.10 Å². The molecule has 0 radical (unpaired) electrons. The number of halogens is 1. The van der Waals surface area contributed by atoms with Gasteiger partial charge in [0, 0.05) is 12.6 Å². The lowest BCUT2D eigenvalue weighted by Crippen LogP contribution is -2.47. The van der Waals surface area contributed by atoms with Crippen molar-refractivity contribution >= 4 is 27.5 Å². The highest BCUT2D eigenvalue weighted by molar-refractivity contribution is 7.89. The van der Waals surface area contributed by atoms with Crippen molar-refractivity contribution in [3.8, 4) is 5.75 Å². The van der Waals surface area contributed by atoms with Gasteiger partial charge in [-0.3, -0.25) is 15.0 Å². The molecule has 1 unspecified atom stereocenters. The highest BCUT2D eigenvalue weighted by Gasteiger charge is 2.19. The number of rotatable bonds is 7. The normalized spacial score (nSPS) is 12.1. The van der Waals surface area contributed by atoms with Crippen LogP contribution in [0.1, 0.15) is 13.8 Å². The second-order valence-electron chi connectivity index (χ2n) is 5.51. The van der Waals surface area contributed by atoms with Crippen molar-refractivity contribution in [2.45, 2.75) is 24.8 Å². The molecule has 0 heterocycles. The summed E-state index contributed by atoms with van der Waals surface area (Å²) in [5, 5.41) is 2.51. The molecular weight excluding hydrogens is 377 g/mol. The van der Waals surface area contributed by atoms with Crippen LogP contribution >= 0.6 is 0 Å². The maximum atomic E-state index is 12.9. The van der Waals surface area contributed by atoms with Gasteiger partial charge in [0.05, 0.1) is 4.90 Å². The van der Waals surface area contributed by atoms with Gasteiger partial charge in [-0.2, -0.15) is 0 Å². The zero-order chi connectivity index (χ0) is 20.0. The standard InChI is InChI=1S/C17H18FN3O5S/c1-11(26-15-7-3-13(18)4-8-15)17(23)20-21-27(24,25)16-9-5-14(6-10-16)19-12(2)22/h3-11,21H,1-2H3,(H,19,22)(H,20,23). The van der Waals surface area contributed by atoms with Crippen LogP contribution in [0, 0.1) is 5.82 Å². The Morgan fingerprint density at radius 3 is 2.19 bits per heavy atom. The van der Waals surface area contributed by atoms with E-state index in [2.05, 4.69) is 10.7 Å². The Morgan fingerprint density at radius 1 is 1.04 bits per heavy atom. The van der Waals surface area contributed by atoms with E-state index in [4.69, 9.17) is 4.74 Å². The molecule has 0 bridgehead atoms. The Bertz CT molecular complexity index is 915. The molecule has 8 nitrogen and oxygen atoms in total. The molecule has 0 saturated carbocycles. The summed E-state index contributed by atoms with van der Waals surface area (Å²) in [4.78, 5) is 24.8. The molecule has 0 aliphatic carbocycles. The summed E-state index contributed by atoms with van der Waals surface area (Å²) in [6.07, 6.45) is -1.03. The van der Waals surface area contributed by atoms with Crippen molar-refractivity contribution in [1.29, 1.82) is 0 Å². The third-order valence-corrected chi connectivity index (χ3v) is 4.55. The topological polar surface area (TPSA) is 114 Å². The molecule has 0 aliphatic rings. The summed E-state index contributed by atoms with van der Waals surface area (Å²) in [6.45, 7) is 2.74. The summed E-state index contributed by atoms with van der Waals surface area (Å²) in [5.41, 5.74) is 2.49. The average molecular weight is 395 g/mol. The van der Waals surface area contributed by atoms with Crippen molar-refractivity contribution < 1.29 is 27.1 Å². The van der Waals surface area contributed by atoms with Crippen molar-refractivity contribution in [3.63, 3.8) is 0 Å². The molecule has 10 heteroatoms. The van der Waals surface area contributed by atoms with E-state index in [0.29, 0.717) is 5.69 Å². The van der Waals surface area contributed by atoms with E-state index in [-0.39, 0.29) is 16.6 Å². The van der Waals surface area contributed by atoms with Gasteiger partial charge < -0.3 is 10.1 Å². The molecule has 2 rings (SSSR count). The quantitative estimate of drug-likeness (QED) is 0.616. The van der Waals surface area contributed by atoms with E-state index in [1.54, 1.807) is 0 Å². The van der Waals surface area contributed by atoms with Crippen molar-refractivity contribution in [1.82, 2.24) is 10.3 Å². The van der Waals surface area contributed by atoms with Crippen molar-refractivity contribution in [2.75, 3.05) is 5.32 Å². The van der Waals surface area contributed by atoms with Gasteiger partial charge in [-0.05, 0) is 55.5 Å². The van der Waals surface area contributed by atoms with Crippen LogP contribution in [0.15, 0.2) is 53.4 Å². The number of ether oxygens (including phenoxy) is 1. The molecular formula is C17H18FN3O5S. The predicted molar refractivity (Wildman–Crippen MR) is 95.7 cm³/mol. The number of amides is 2. The Labute approximate surface area is 155 Å². The highest BCUT2D eigenvalue weighted by Crippen LogP contribution is 2.14. The van der Waals surface area contributed by atoms with Crippen molar-refractivity contribution in [2.24, 2.45) is 0 Å². The smallest absolute Gasteiger partial charge is 0.275 e. The van der Waals surface area contributed by atoms with Gasteiger partial charge in [0.25, 0.3) is 15.9 Å². The van der Waals surface area contributed by atoms with E-state index < -0.39 is 27.9 Å². The third-order valence-electron chi connectivity index (χ3n) is 3.29. The molecule has 0 aliphatic heterocycles. The molecule has 2 aromatic carbocycles. The summed E-state index contributed by atoms with van der Waals surface area (Å²) >= 11 is 0. The molecule has 2 amide bonds. The number of hydrogen-bond acceptors (Lipinski definition) is 5. The van der Waals surface area contributed by atoms with Gasteiger partial charge >= 0.3 is 0 Å². The Balaban J connectivity index is 1.94. The molecule has 0 saturated heterocycles. The molecule has 1 atom stereocenters. The maximum Gasteiger partial charge on any atom is 0.275 e. The van der Waals surface area contributed by atoms with Gasteiger partial charge in [0.1, 0.15) is 11.6 Å².